The highest BCUT2D eigenvalue weighted by Crippen LogP contribution is 2.48. The lowest BCUT2D eigenvalue weighted by Gasteiger charge is -2.48. The maximum Gasteiger partial charge on any atom is 0.147 e. The van der Waals surface area contributed by atoms with Gasteiger partial charge >= 0.3 is 0 Å². The number of benzene rings is 1. The molecule has 0 spiro atoms. The predicted octanol–water partition coefficient (Wildman–Crippen LogP) is 5.31. The monoisotopic (exact) mass is 420 g/mol. The van der Waals surface area contributed by atoms with Crippen LogP contribution < -0.4 is 0 Å². The van der Waals surface area contributed by atoms with Crippen LogP contribution >= 0.6 is 11.6 Å². The smallest absolute Gasteiger partial charge is 0.147 e. The van der Waals surface area contributed by atoms with E-state index in [0.717, 1.165) is 35.8 Å². The van der Waals surface area contributed by atoms with Gasteiger partial charge in [0.2, 0.25) is 0 Å². The Balaban J connectivity index is 2.28. The molecule has 1 saturated carbocycles. The number of carbonyl (C=O) groups excluding carboxylic acids is 1. The summed E-state index contributed by atoms with van der Waals surface area (Å²) in [6.45, 7) is 7.56. The second-order valence-electron chi connectivity index (χ2n) is 7.63. The first kappa shape index (κ1) is 23.8. The molecule has 0 radical (unpaired) electrons. The second-order valence-corrected chi connectivity index (χ2v) is 7.90. The van der Waals surface area contributed by atoms with E-state index in [1.807, 2.05) is 30.3 Å². The summed E-state index contributed by atoms with van der Waals surface area (Å²) >= 11 is 6.15. The Morgan fingerprint density at radius 2 is 2.07 bits per heavy atom. The van der Waals surface area contributed by atoms with E-state index in [0.29, 0.717) is 31.9 Å². The molecule has 1 fully saturated rings. The first-order valence-corrected chi connectivity index (χ1v) is 10.7. The molecule has 0 heterocycles. The highest BCUT2D eigenvalue weighted by Gasteiger charge is 2.47. The zero-order chi connectivity index (χ0) is 21.1. The molecule has 1 aliphatic rings. The van der Waals surface area contributed by atoms with Gasteiger partial charge in [-0.15, -0.1) is 11.6 Å². The van der Waals surface area contributed by atoms with Crippen molar-refractivity contribution in [2.45, 2.75) is 44.8 Å². The van der Waals surface area contributed by atoms with Gasteiger partial charge in [0.05, 0.1) is 18.8 Å². The van der Waals surface area contributed by atoms with Gasteiger partial charge in [0.25, 0.3) is 0 Å². The van der Waals surface area contributed by atoms with Crippen molar-refractivity contribution in [2.24, 2.45) is 11.8 Å². The molecule has 1 aliphatic carbocycles. The van der Waals surface area contributed by atoms with Crippen molar-refractivity contribution in [1.82, 2.24) is 0 Å². The van der Waals surface area contributed by atoms with Crippen LogP contribution in [0, 0.1) is 11.8 Å². The van der Waals surface area contributed by atoms with E-state index in [-0.39, 0.29) is 18.6 Å². The van der Waals surface area contributed by atoms with Crippen LogP contribution in [-0.4, -0.2) is 38.3 Å². The third kappa shape index (κ3) is 6.26. The Bertz CT molecular complexity index is 673. The Labute approximate surface area is 179 Å². The highest BCUT2D eigenvalue weighted by atomic mass is 35.5. The summed E-state index contributed by atoms with van der Waals surface area (Å²) in [6.07, 6.45) is 6.05. The van der Waals surface area contributed by atoms with Crippen LogP contribution in [0.15, 0.2) is 54.1 Å². The standard InChI is InChI=1S/C24H33ClO4/c1-19(16-25)22-11-10-20(2)24(13-7-14-26,29-18-27-3)23(22)12-15-28-17-21-8-5-4-6-9-21/h4-6,8-9,12,14,20,22H,1,7,10-11,13,15-18H2,2-3H3/b23-12+/t20?,22-,24+/m0/s1. The van der Waals surface area contributed by atoms with Gasteiger partial charge in [0.1, 0.15) is 13.1 Å². The largest absolute Gasteiger partial charge is 0.373 e. The van der Waals surface area contributed by atoms with Crippen molar-refractivity contribution >= 4 is 17.9 Å². The van der Waals surface area contributed by atoms with Gasteiger partial charge in [0, 0.05) is 25.3 Å². The predicted molar refractivity (Wildman–Crippen MR) is 117 cm³/mol. The van der Waals surface area contributed by atoms with Crippen molar-refractivity contribution in [3.63, 3.8) is 0 Å². The number of hydrogen-bond acceptors (Lipinski definition) is 4. The number of allylic oxidation sites excluding steroid dienone is 1. The van der Waals surface area contributed by atoms with E-state index < -0.39 is 5.60 Å². The lowest BCUT2D eigenvalue weighted by molar-refractivity contribution is -0.151. The van der Waals surface area contributed by atoms with E-state index in [2.05, 4.69) is 19.6 Å². The molecular formula is C24H33ClO4. The third-order valence-corrected chi connectivity index (χ3v) is 6.16. The average molecular weight is 421 g/mol. The normalized spacial score (nSPS) is 25.8. The number of carbonyl (C=O) groups is 1. The maximum atomic E-state index is 11.2. The summed E-state index contributed by atoms with van der Waals surface area (Å²) in [5.41, 5.74) is 2.65. The Morgan fingerprint density at radius 3 is 2.72 bits per heavy atom. The summed E-state index contributed by atoms with van der Waals surface area (Å²) in [5, 5.41) is 0. The number of alkyl halides is 1. The van der Waals surface area contributed by atoms with Gasteiger partial charge in [0.15, 0.2) is 0 Å². The molecule has 1 aromatic carbocycles. The minimum Gasteiger partial charge on any atom is -0.373 e. The molecule has 0 bridgehead atoms. The first-order chi connectivity index (χ1) is 14.1. The van der Waals surface area contributed by atoms with Crippen LogP contribution in [0.2, 0.25) is 0 Å². The molecule has 3 atom stereocenters. The molecule has 29 heavy (non-hydrogen) atoms. The average Bonchev–Trinajstić information content (AvgIpc) is 2.75. The van der Waals surface area contributed by atoms with Crippen LogP contribution in [0.1, 0.15) is 38.2 Å². The fraction of sp³-hybridized carbons (Fsp3) is 0.542. The van der Waals surface area contributed by atoms with Crippen molar-refractivity contribution in [2.75, 3.05) is 26.4 Å². The summed E-state index contributed by atoms with van der Waals surface area (Å²) in [7, 11) is 1.61. The SMILES string of the molecule is C=C(CCl)[C@@H]1CCC(C)[C@@](CCC=O)(OCOC)/C1=C/COCc1ccccc1. The summed E-state index contributed by atoms with van der Waals surface area (Å²) in [5.74, 6) is 0.764. The fourth-order valence-corrected chi connectivity index (χ4v) is 4.43. The highest BCUT2D eigenvalue weighted by molar-refractivity contribution is 6.19. The van der Waals surface area contributed by atoms with E-state index in [1.165, 1.54) is 0 Å². The lowest BCUT2D eigenvalue weighted by atomic mass is 9.64. The quantitative estimate of drug-likeness (QED) is 0.151. The number of methoxy groups -OCH3 is 1. The van der Waals surface area contributed by atoms with Gasteiger partial charge in [-0.05, 0) is 36.3 Å². The molecule has 2 rings (SSSR count). The van der Waals surface area contributed by atoms with Crippen molar-refractivity contribution in [3.8, 4) is 0 Å². The van der Waals surface area contributed by atoms with Crippen LogP contribution in [0.4, 0.5) is 0 Å². The van der Waals surface area contributed by atoms with E-state index in [1.54, 1.807) is 7.11 Å². The molecule has 0 amide bonds. The minimum atomic E-state index is -0.578. The lowest BCUT2D eigenvalue weighted by Crippen LogP contribution is -2.48. The van der Waals surface area contributed by atoms with Gasteiger partial charge in [-0.3, -0.25) is 0 Å². The van der Waals surface area contributed by atoms with Crippen LogP contribution in [0.3, 0.4) is 0 Å². The molecule has 5 heteroatoms. The van der Waals surface area contributed by atoms with E-state index in [4.69, 9.17) is 25.8 Å². The van der Waals surface area contributed by atoms with Crippen molar-refractivity contribution in [1.29, 1.82) is 0 Å². The third-order valence-electron chi connectivity index (χ3n) is 5.81. The second kappa shape index (κ2) is 12.3. The van der Waals surface area contributed by atoms with Gasteiger partial charge in [-0.25, -0.2) is 0 Å². The number of aldehydes is 1. The number of ether oxygens (including phenoxy) is 3. The van der Waals surface area contributed by atoms with Crippen molar-refractivity contribution < 1.29 is 19.0 Å². The number of halogens is 1. The topological polar surface area (TPSA) is 44.8 Å². The van der Waals surface area contributed by atoms with Crippen molar-refractivity contribution in [3.05, 3.63) is 59.7 Å². The molecule has 1 unspecified atom stereocenters. The molecule has 4 nitrogen and oxygen atoms in total. The molecule has 0 aliphatic heterocycles. The Kier molecular flexibility index (Phi) is 10.1. The minimum absolute atomic E-state index is 0.118. The van der Waals surface area contributed by atoms with Gasteiger partial charge < -0.3 is 19.0 Å². The summed E-state index contributed by atoms with van der Waals surface area (Å²) in [6, 6.07) is 10.1. The number of rotatable bonds is 12. The molecule has 0 aromatic heterocycles. The Hall–Kier alpha value is -1.46. The zero-order valence-electron chi connectivity index (χ0n) is 17.6. The Morgan fingerprint density at radius 1 is 1.31 bits per heavy atom. The van der Waals surface area contributed by atoms with Gasteiger partial charge in [-0.2, -0.15) is 0 Å². The molecule has 160 valence electrons. The fourth-order valence-electron chi connectivity index (χ4n) is 4.24. The summed E-state index contributed by atoms with van der Waals surface area (Å²) < 4.78 is 17.5. The zero-order valence-corrected chi connectivity index (χ0v) is 18.3. The van der Waals surface area contributed by atoms with E-state index in [9.17, 15) is 4.79 Å². The molecule has 0 N–H and O–H groups in total. The maximum absolute atomic E-state index is 11.2. The van der Waals surface area contributed by atoms with Crippen LogP contribution in [0.25, 0.3) is 0 Å². The van der Waals surface area contributed by atoms with Crippen LogP contribution in [0.5, 0.6) is 0 Å². The summed E-state index contributed by atoms with van der Waals surface area (Å²) in [4.78, 5) is 11.2. The number of hydrogen-bond donors (Lipinski definition) is 0. The van der Waals surface area contributed by atoms with E-state index >= 15 is 0 Å². The van der Waals surface area contributed by atoms with Gasteiger partial charge in [-0.1, -0.05) is 55.5 Å². The molecule has 1 aromatic rings. The molecular weight excluding hydrogens is 388 g/mol. The first-order valence-electron chi connectivity index (χ1n) is 10.2. The molecule has 0 saturated heterocycles. The van der Waals surface area contributed by atoms with Crippen LogP contribution in [-0.2, 0) is 25.6 Å².